The molecule has 2 N–H and O–H groups in total. The van der Waals surface area contributed by atoms with E-state index in [-0.39, 0.29) is 0 Å². The summed E-state index contributed by atoms with van der Waals surface area (Å²) in [4.78, 5) is 0. The minimum absolute atomic E-state index is 0.591. The zero-order valence-electron chi connectivity index (χ0n) is 12.3. The van der Waals surface area contributed by atoms with Crippen molar-refractivity contribution in [1.29, 1.82) is 0 Å². The predicted molar refractivity (Wildman–Crippen MR) is 80.1 cm³/mol. The number of benzene rings is 1. The van der Waals surface area contributed by atoms with Crippen molar-refractivity contribution in [3.63, 3.8) is 0 Å². The first kappa shape index (κ1) is 13.8. The second-order valence-corrected chi connectivity index (χ2v) is 5.12. The van der Waals surface area contributed by atoms with E-state index in [0.717, 1.165) is 18.7 Å². The van der Waals surface area contributed by atoms with Gasteiger partial charge in [-0.2, -0.15) is 5.10 Å². The van der Waals surface area contributed by atoms with Crippen molar-refractivity contribution >= 4 is 0 Å². The number of nitrogens with zero attached hydrogens (tertiary/aromatic N) is 2. The number of hydrogen-bond donors (Lipinski definition) is 1. The highest BCUT2D eigenvalue weighted by Crippen LogP contribution is 2.30. The molecular weight excluding hydrogens is 234 g/mol. The fraction of sp³-hybridized carbons (Fsp3) is 0.438. The van der Waals surface area contributed by atoms with Crippen LogP contribution < -0.4 is 5.73 Å². The highest BCUT2D eigenvalue weighted by molar-refractivity contribution is 5.72. The average molecular weight is 257 g/mol. The lowest BCUT2D eigenvalue weighted by Crippen LogP contribution is -2.01. The van der Waals surface area contributed by atoms with Crippen molar-refractivity contribution in [2.45, 2.75) is 47.2 Å². The Morgan fingerprint density at radius 2 is 1.95 bits per heavy atom. The molecule has 0 saturated heterocycles. The monoisotopic (exact) mass is 257 g/mol. The Labute approximate surface area is 115 Å². The van der Waals surface area contributed by atoms with Crippen molar-refractivity contribution in [2.24, 2.45) is 5.73 Å². The number of aryl methyl sites for hydroxylation is 3. The van der Waals surface area contributed by atoms with Crippen LogP contribution in [0.5, 0.6) is 0 Å². The van der Waals surface area contributed by atoms with Crippen molar-refractivity contribution < 1.29 is 0 Å². The average Bonchev–Trinajstić information content (AvgIpc) is 2.66. The molecule has 0 amide bonds. The van der Waals surface area contributed by atoms with Gasteiger partial charge in [-0.05, 0) is 43.9 Å². The topological polar surface area (TPSA) is 43.8 Å². The van der Waals surface area contributed by atoms with E-state index in [2.05, 4.69) is 55.7 Å². The van der Waals surface area contributed by atoms with Gasteiger partial charge in [-0.1, -0.05) is 25.1 Å². The Balaban J connectivity index is 2.52. The first-order valence-electron chi connectivity index (χ1n) is 6.92. The lowest BCUT2D eigenvalue weighted by molar-refractivity contribution is 0.583. The quantitative estimate of drug-likeness (QED) is 0.913. The van der Waals surface area contributed by atoms with Gasteiger partial charge < -0.3 is 5.73 Å². The summed E-state index contributed by atoms with van der Waals surface area (Å²) < 4.78 is 2.11. The molecule has 0 atom stereocenters. The van der Waals surface area contributed by atoms with E-state index < -0.39 is 0 Å². The van der Waals surface area contributed by atoms with E-state index in [1.54, 1.807) is 0 Å². The minimum atomic E-state index is 0.591. The summed E-state index contributed by atoms with van der Waals surface area (Å²) in [5.74, 6) is 0. The van der Waals surface area contributed by atoms with Crippen LogP contribution in [0.15, 0.2) is 18.2 Å². The van der Waals surface area contributed by atoms with Crippen LogP contribution >= 0.6 is 0 Å². The maximum absolute atomic E-state index is 5.69. The normalized spacial score (nSPS) is 11.0. The molecule has 2 rings (SSSR count). The molecule has 0 fully saturated rings. The van der Waals surface area contributed by atoms with Gasteiger partial charge in [0.15, 0.2) is 0 Å². The summed E-state index contributed by atoms with van der Waals surface area (Å²) >= 11 is 0. The van der Waals surface area contributed by atoms with Crippen molar-refractivity contribution in [1.82, 2.24) is 9.78 Å². The Kier molecular flexibility index (Phi) is 4.05. The first-order valence-corrected chi connectivity index (χ1v) is 6.92. The lowest BCUT2D eigenvalue weighted by atomic mass is 9.97. The van der Waals surface area contributed by atoms with Crippen LogP contribution in [0.3, 0.4) is 0 Å². The molecule has 1 aromatic carbocycles. The van der Waals surface area contributed by atoms with E-state index in [4.69, 9.17) is 5.73 Å². The van der Waals surface area contributed by atoms with E-state index in [1.807, 2.05) is 0 Å². The van der Waals surface area contributed by atoms with Gasteiger partial charge >= 0.3 is 0 Å². The van der Waals surface area contributed by atoms with Gasteiger partial charge in [0.05, 0.1) is 5.69 Å². The smallest absolute Gasteiger partial charge is 0.0675 e. The molecule has 0 saturated carbocycles. The second-order valence-electron chi connectivity index (χ2n) is 5.12. The van der Waals surface area contributed by atoms with Gasteiger partial charge in [0.1, 0.15) is 0 Å². The van der Waals surface area contributed by atoms with E-state index >= 15 is 0 Å². The molecule has 3 nitrogen and oxygen atoms in total. The Morgan fingerprint density at radius 1 is 1.21 bits per heavy atom. The van der Waals surface area contributed by atoms with Crippen LogP contribution in [0.2, 0.25) is 0 Å². The van der Waals surface area contributed by atoms with Gasteiger partial charge in [-0.15, -0.1) is 0 Å². The molecule has 1 heterocycles. The summed E-state index contributed by atoms with van der Waals surface area (Å²) in [6.07, 6.45) is 1.10. The summed E-state index contributed by atoms with van der Waals surface area (Å²) in [5.41, 5.74) is 13.0. The van der Waals surface area contributed by atoms with Gasteiger partial charge in [-0.25, -0.2) is 0 Å². The third-order valence-electron chi connectivity index (χ3n) is 3.61. The Bertz CT molecular complexity index is 582. The second kappa shape index (κ2) is 5.57. The molecule has 0 aliphatic carbocycles. The number of aromatic nitrogens is 2. The molecule has 1 aromatic heterocycles. The van der Waals surface area contributed by atoms with Gasteiger partial charge in [0.25, 0.3) is 0 Å². The van der Waals surface area contributed by atoms with Crippen molar-refractivity contribution in [3.8, 4) is 11.1 Å². The Morgan fingerprint density at radius 3 is 2.53 bits per heavy atom. The minimum Gasteiger partial charge on any atom is -0.326 e. The fourth-order valence-corrected chi connectivity index (χ4v) is 2.65. The van der Waals surface area contributed by atoms with Crippen LogP contribution in [-0.2, 0) is 13.1 Å². The number of rotatable bonds is 4. The van der Waals surface area contributed by atoms with Crippen LogP contribution in [-0.4, -0.2) is 9.78 Å². The highest BCUT2D eigenvalue weighted by atomic mass is 15.3. The summed E-state index contributed by atoms with van der Waals surface area (Å²) in [6.45, 7) is 10.1. The molecular formula is C16H23N3. The van der Waals surface area contributed by atoms with E-state index in [0.29, 0.717) is 6.54 Å². The number of nitrogens with two attached hydrogens (primary N) is 1. The first-order chi connectivity index (χ1) is 9.08. The fourth-order valence-electron chi connectivity index (χ4n) is 2.65. The van der Waals surface area contributed by atoms with Crippen molar-refractivity contribution in [2.75, 3.05) is 0 Å². The molecule has 0 bridgehead atoms. The van der Waals surface area contributed by atoms with Crippen LogP contribution in [0, 0.1) is 20.8 Å². The molecule has 3 heteroatoms. The molecule has 19 heavy (non-hydrogen) atoms. The summed E-state index contributed by atoms with van der Waals surface area (Å²) in [7, 11) is 0. The Hall–Kier alpha value is -1.61. The van der Waals surface area contributed by atoms with Gasteiger partial charge in [-0.3, -0.25) is 4.68 Å². The SMILES string of the molecule is CCCn1nc(C)c(-c2ccc(CN)cc2C)c1C. The molecule has 102 valence electrons. The third kappa shape index (κ3) is 2.56. The standard InChI is InChI=1S/C16H23N3/c1-5-8-19-13(4)16(12(3)18-19)15-7-6-14(10-17)9-11(15)2/h6-7,9H,5,8,10,17H2,1-4H3. The molecule has 0 spiro atoms. The predicted octanol–water partition coefficient (Wildman–Crippen LogP) is 3.34. The van der Waals surface area contributed by atoms with Crippen LogP contribution in [0.4, 0.5) is 0 Å². The van der Waals surface area contributed by atoms with Gasteiger partial charge in [0, 0.05) is 24.3 Å². The maximum Gasteiger partial charge on any atom is 0.0675 e. The van der Waals surface area contributed by atoms with Gasteiger partial charge in [0.2, 0.25) is 0 Å². The lowest BCUT2D eigenvalue weighted by Gasteiger charge is -2.09. The summed E-state index contributed by atoms with van der Waals surface area (Å²) in [5, 5.41) is 4.65. The van der Waals surface area contributed by atoms with E-state index in [9.17, 15) is 0 Å². The van der Waals surface area contributed by atoms with Crippen LogP contribution in [0.1, 0.15) is 35.9 Å². The number of hydrogen-bond acceptors (Lipinski definition) is 2. The maximum atomic E-state index is 5.69. The zero-order chi connectivity index (χ0) is 14.0. The van der Waals surface area contributed by atoms with Crippen LogP contribution in [0.25, 0.3) is 11.1 Å². The highest BCUT2D eigenvalue weighted by Gasteiger charge is 2.14. The zero-order valence-corrected chi connectivity index (χ0v) is 12.3. The molecule has 0 radical (unpaired) electrons. The summed E-state index contributed by atoms with van der Waals surface area (Å²) in [6, 6.07) is 6.45. The molecule has 2 aromatic rings. The van der Waals surface area contributed by atoms with Crippen molar-refractivity contribution in [3.05, 3.63) is 40.7 Å². The third-order valence-corrected chi connectivity index (χ3v) is 3.61. The van der Waals surface area contributed by atoms with E-state index in [1.165, 1.54) is 27.9 Å². The molecule has 0 aliphatic rings. The largest absolute Gasteiger partial charge is 0.326 e. The molecule has 0 aliphatic heterocycles. The molecule has 0 unspecified atom stereocenters.